The van der Waals surface area contributed by atoms with Crippen molar-refractivity contribution in [2.75, 3.05) is 24.6 Å². The zero-order valence-corrected chi connectivity index (χ0v) is 33.5. The average molecular weight is 739 g/mol. The van der Waals surface area contributed by atoms with Crippen LogP contribution in [0.5, 0.6) is 0 Å². The predicted octanol–water partition coefficient (Wildman–Crippen LogP) is 8.81. The molecule has 2 aromatic heterocycles. The number of amides is 3. The first-order valence-corrected chi connectivity index (χ1v) is 21.8. The van der Waals surface area contributed by atoms with E-state index in [4.69, 9.17) is 20.8 Å². The Morgan fingerprint density at radius 2 is 1.76 bits per heavy atom. The number of halogens is 1. The number of hydrogen-bond donors (Lipinski definition) is 0. The van der Waals surface area contributed by atoms with Crippen LogP contribution < -0.4 is 4.90 Å². The Hall–Kier alpha value is -2.99. The van der Waals surface area contributed by atoms with Crippen LogP contribution in [0.3, 0.4) is 0 Å². The summed E-state index contributed by atoms with van der Waals surface area (Å²) < 4.78 is 13.8. The van der Waals surface area contributed by atoms with Crippen LogP contribution in [0.1, 0.15) is 84.6 Å². The number of carbonyl (C=O) groups is 3. The maximum Gasteiger partial charge on any atom is 0.410 e. The summed E-state index contributed by atoms with van der Waals surface area (Å²) in [5.41, 5.74) is 3.99. The lowest BCUT2D eigenvalue weighted by Gasteiger charge is -2.42. The largest absolute Gasteiger partial charge is 0.444 e. The molecule has 3 aliphatic rings. The molecule has 5 heterocycles. The van der Waals surface area contributed by atoms with Crippen molar-refractivity contribution in [3.05, 3.63) is 45.9 Å². The van der Waals surface area contributed by atoms with Gasteiger partial charge in [0.2, 0.25) is 11.8 Å². The van der Waals surface area contributed by atoms with Crippen LogP contribution in [0.25, 0.3) is 21.3 Å². The smallest absolute Gasteiger partial charge is 0.410 e. The average Bonchev–Trinajstić information content (AvgIpc) is 3.69. The molecule has 0 unspecified atom stereocenters. The van der Waals surface area contributed by atoms with Crippen molar-refractivity contribution in [1.29, 1.82) is 0 Å². The Bertz CT molecular complexity index is 1820. The van der Waals surface area contributed by atoms with Crippen molar-refractivity contribution >= 4 is 65.1 Å². The number of anilines is 1. The second-order valence-electron chi connectivity index (χ2n) is 16.9. The molecular formula is C38H51ClN4O5SSi. The Balaban J connectivity index is 1.38. The molecule has 3 aliphatic heterocycles. The van der Waals surface area contributed by atoms with Gasteiger partial charge in [-0.25, -0.2) is 4.79 Å². The first-order valence-electron chi connectivity index (χ1n) is 17.7. The number of rotatable bonds is 7. The number of ether oxygens (including phenoxy) is 1. The number of benzene rings is 1. The first-order chi connectivity index (χ1) is 23.3. The number of hydrogen-bond acceptors (Lipinski definition) is 8. The van der Waals surface area contributed by atoms with Gasteiger partial charge in [0.05, 0.1) is 28.9 Å². The second-order valence-corrected chi connectivity index (χ2v) is 23.3. The maximum absolute atomic E-state index is 13.9. The zero-order chi connectivity index (χ0) is 36.4. The molecule has 0 bridgehead atoms. The fourth-order valence-corrected chi connectivity index (χ4v) is 9.64. The topological polar surface area (TPSA) is 92.3 Å². The van der Waals surface area contributed by atoms with Crippen LogP contribution in [0.2, 0.25) is 23.2 Å². The Labute approximate surface area is 306 Å². The van der Waals surface area contributed by atoms with Crippen LogP contribution in [-0.4, -0.2) is 77.9 Å². The van der Waals surface area contributed by atoms with Crippen molar-refractivity contribution in [2.45, 2.75) is 122 Å². The van der Waals surface area contributed by atoms with Crippen LogP contribution in [0.4, 0.5) is 10.5 Å². The third-order valence-corrected chi connectivity index (χ3v) is 16.7. The van der Waals surface area contributed by atoms with E-state index in [-0.39, 0.29) is 48.4 Å². The van der Waals surface area contributed by atoms with Crippen LogP contribution in [0, 0.1) is 0 Å². The summed E-state index contributed by atoms with van der Waals surface area (Å²) in [5, 5.41) is 0.708. The lowest BCUT2D eigenvalue weighted by atomic mass is 9.91. The molecule has 12 heteroatoms. The number of aromatic nitrogens is 1. The molecular weight excluding hydrogens is 688 g/mol. The third kappa shape index (κ3) is 7.20. The number of pyridine rings is 1. The fraction of sp³-hybridized carbons (Fsp3) is 0.579. The van der Waals surface area contributed by atoms with Gasteiger partial charge in [-0.3, -0.25) is 24.4 Å². The number of imide groups is 1. The lowest BCUT2D eigenvalue weighted by molar-refractivity contribution is -0.139. The van der Waals surface area contributed by atoms with Gasteiger partial charge in [0.15, 0.2) is 8.32 Å². The summed E-state index contributed by atoms with van der Waals surface area (Å²) in [6, 6.07) is 8.17. The van der Waals surface area contributed by atoms with Crippen LogP contribution >= 0.6 is 22.9 Å². The molecule has 6 rings (SSSR count). The molecule has 0 N–H and O–H groups in total. The highest BCUT2D eigenvalue weighted by molar-refractivity contribution is 7.19. The monoisotopic (exact) mass is 738 g/mol. The van der Waals surface area contributed by atoms with Crippen molar-refractivity contribution in [2.24, 2.45) is 0 Å². The Morgan fingerprint density at radius 1 is 1.06 bits per heavy atom. The highest BCUT2D eigenvalue weighted by Crippen LogP contribution is 2.47. The van der Waals surface area contributed by atoms with Gasteiger partial charge in [-0.05, 0) is 94.9 Å². The molecule has 0 aliphatic carbocycles. The van der Waals surface area contributed by atoms with E-state index in [1.54, 1.807) is 11.3 Å². The molecule has 2 atom stereocenters. The number of fused-ring (bicyclic) bond motifs is 2. The van der Waals surface area contributed by atoms with Gasteiger partial charge in [-0.2, -0.15) is 0 Å². The van der Waals surface area contributed by atoms with E-state index in [1.807, 2.05) is 50.1 Å². The van der Waals surface area contributed by atoms with E-state index >= 15 is 0 Å². The summed E-state index contributed by atoms with van der Waals surface area (Å²) in [6.07, 6.45) is 4.64. The fourth-order valence-electron chi connectivity index (χ4n) is 7.16. The zero-order valence-electron chi connectivity index (χ0n) is 30.9. The summed E-state index contributed by atoms with van der Waals surface area (Å²) in [6.45, 7) is 21.1. The minimum absolute atomic E-state index is 0.0259. The predicted molar refractivity (Wildman–Crippen MR) is 203 cm³/mol. The van der Waals surface area contributed by atoms with Gasteiger partial charge in [0.1, 0.15) is 5.60 Å². The number of aryl methyl sites for hydroxylation is 1. The standard InChI is InChI=1S/C38H51ClN4O5SSi/c1-36(2,3)48-35(46)43-21-26(20-38(43,7)23-47-50(8,9)37(4,5)6)41-16-10-11-24-17-25(39)18-29(33(24)41)28-14-15-40-30-19-27(49-34(28)30)22-42-31(44)12-13-32(42)45/h14-15,17-19,26H,10-13,16,20-23H2,1-9H3/t26-,38+/m0/s1. The van der Waals surface area contributed by atoms with E-state index in [2.05, 4.69) is 56.7 Å². The molecule has 3 aromatic rings. The van der Waals surface area contributed by atoms with Crippen molar-refractivity contribution < 1.29 is 23.5 Å². The summed E-state index contributed by atoms with van der Waals surface area (Å²) in [4.78, 5) is 50.0. The van der Waals surface area contributed by atoms with E-state index in [9.17, 15) is 14.4 Å². The summed E-state index contributed by atoms with van der Waals surface area (Å²) in [7, 11) is -2.11. The minimum Gasteiger partial charge on any atom is -0.444 e. The number of carbonyl (C=O) groups excluding carboxylic acids is 3. The Morgan fingerprint density at radius 3 is 2.42 bits per heavy atom. The molecule has 0 saturated carbocycles. The SMILES string of the molecule is CC(C)(C)OC(=O)N1C[C@@H](N2CCCc3cc(Cl)cc(-c4ccnc5cc(CN6C(=O)CCC6=O)sc45)c32)C[C@]1(C)CO[Si](C)(C)C(C)(C)C. The number of likely N-dealkylation sites (tertiary alicyclic amines) is 2. The molecule has 2 saturated heterocycles. The highest BCUT2D eigenvalue weighted by atomic mass is 35.5. The van der Waals surface area contributed by atoms with Crippen molar-refractivity contribution in [1.82, 2.24) is 14.8 Å². The summed E-state index contributed by atoms with van der Waals surface area (Å²) >= 11 is 8.41. The van der Waals surface area contributed by atoms with Gasteiger partial charge in [0, 0.05) is 64.9 Å². The molecule has 1 aromatic carbocycles. The van der Waals surface area contributed by atoms with Gasteiger partial charge in [-0.1, -0.05) is 32.4 Å². The van der Waals surface area contributed by atoms with Gasteiger partial charge in [0.25, 0.3) is 0 Å². The third-order valence-electron chi connectivity index (χ3n) is 10.8. The van der Waals surface area contributed by atoms with Crippen LogP contribution in [0.15, 0.2) is 30.5 Å². The quantitative estimate of drug-likeness (QED) is 0.177. The Kier molecular flexibility index (Phi) is 9.72. The number of thiophene rings is 1. The molecule has 0 radical (unpaired) electrons. The van der Waals surface area contributed by atoms with Gasteiger partial charge < -0.3 is 14.1 Å². The van der Waals surface area contributed by atoms with Crippen LogP contribution in [-0.2, 0) is 31.7 Å². The molecule has 3 amide bonds. The van der Waals surface area contributed by atoms with Gasteiger partial charge >= 0.3 is 6.09 Å². The molecule has 0 spiro atoms. The van der Waals surface area contributed by atoms with E-state index < -0.39 is 19.5 Å². The molecule has 50 heavy (non-hydrogen) atoms. The van der Waals surface area contributed by atoms with Gasteiger partial charge in [-0.15, -0.1) is 11.3 Å². The van der Waals surface area contributed by atoms with E-state index in [1.165, 1.54) is 10.5 Å². The first kappa shape index (κ1) is 36.8. The summed E-state index contributed by atoms with van der Waals surface area (Å²) in [5.74, 6) is -0.252. The second kappa shape index (κ2) is 13.2. The number of nitrogens with zero attached hydrogens (tertiary/aromatic N) is 4. The lowest BCUT2D eigenvalue weighted by Crippen LogP contribution is -2.53. The highest BCUT2D eigenvalue weighted by Gasteiger charge is 2.50. The molecule has 270 valence electrons. The molecule has 9 nitrogen and oxygen atoms in total. The van der Waals surface area contributed by atoms with E-state index in [0.29, 0.717) is 18.2 Å². The maximum atomic E-state index is 13.9. The van der Waals surface area contributed by atoms with Crippen molar-refractivity contribution in [3.63, 3.8) is 0 Å². The normalized spacial score (nSPS) is 21.8. The van der Waals surface area contributed by atoms with E-state index in [0.717, 1.165) is 57.7 Å². The van der Waals surface area contributed by atoms with Crippen molar-refractivity contribution in [3.8, 4) is 11.1 Å². The molecule has 2 fully saturated rings. The minimum atomic E-state index is -2.11.